The third-order valence-electron chi connectivity index (χ3n) is 2.90. The summed E-state index contributed by atoms with van der Waals surface area (Å²) >= 11 is 0. The summed E-state index contributed by atoms with van der Waals surface area (Å²) in [6.07, 6.45) is 0.637. The van der Waals surface area contributed by atoms with Crippen LogP contribution in [0.15, 0.2) is 0 Å². The first kappa shape index (κ1) is 9.45. The van der Waals surface area contributed by atoms with E-state index in [4.69, 9.17) is 5.11 Å². The van der Waals surface area contributed by atoms with E-state index >= 15 is 0 Å². The van der Waals surface area contributed by atoms with E-state index in [1.165, 1.54) is 0 Å². The molecule has 2 fully saturated rings. The molecule has 1 aliphatic carbocycles. The fraction of sp³-hybridized carbons (Fsp3) is 0.778. The maximum Gasteiger partial charge on any atom is 0.307 e. The van der Waals surface area contributed by atoms with E-state index in [0.29, 0.717) is 25.9 Å². The number of hydrogen-bond acceptors (Lipinski definition) is 3. The van der Waals surface area contributed by atoms with Crippen LogP contribution in [-0.4, -0.2) is 46.2 Å². The Balaban J connectivity index is 1.88. The summed E-state index contributed by atoms with van der Waals surface area (Å²) in [6, 6.07) is 0. The predicted molar refractivity (Wildman–Crippen MR) is 46.4 cm³/mol. The molecule has 1 saturated heterocycles. The van der Waals surface area contributed by atoms with Crippen LogP contribution in [-0.2, 0) is 9.59 Å². The molecule has 2 N–H and O–H groups in total. The monoisotopic (exact) mass is 199 g/mol. The van der Waals surface area contributed by atoms with Crippen LogP contribution in [0.4, 0.5) is 0 Å². The van der Waals surface area contributed by atoms with Crippen molar-refractivity contribution in [2.75, 3.05) is 13.1 Å². The molecule has 5 nitrogen and oxygen atoms in total. The molecular formula is C9H13NO4. The lowest BCUT2D eigenvalue weighted by Crippen LogP contribution is -2.31. The van der Waals surface area contributed by atoms with Crippen molar-refractivity contribution in [1.29, 1.82) is 0 Å². The molecule has 2 aliphatic rings. The van der Waals surface area contributed by atoms with Crippen molar-refractivity contribution >= 4 is 11.9 Å². The van der Waals surface area contributed by atoms with E-state index in [2.05, 4.69) is 0 Å². The van der Waals surface area contributed by atoms with Gasteiger partial charge in [0.05, 0.1) is 17.9 Å². The summed E-state index contributed by atoms with van der Waals surface area (Å²) < 4.78 is 0. The van der Waals surface area contributed by atoms with Gasteiger partial charge in [0.2, 0.25) is 5.91 Å². The first-order chi connectivity index (χ1) is 6.59. The number of carbonyl (C=O) groups is 2. The fourth-order valence-electron chi connectivity index (χ4n) is 1.92. The lowest BCUT2D eigenvalue weighted by molar-refractivity contribution is -0.141. The van der Waals surface area contributed by atoms with Crippen LogP contribution in [0.5, 0.6) is 0 Å². The molecule has 0 radical (unpaired) electrons. The van der Waals surface area contributed by atoms with E-state index < -0.39 is 18.0 Å². The Morgan fingerprint density at radius 2 is 2.00 bits per heavy atom. The van der Waals surface area contributed by atoms with Crippen LogP contribution >= 0.6 is 0 Å². The normalized spacial score (nSPS) is 35.8. The van der Waals surface area contributed by atoms with Gasteiger partial charge >= 0.3 is 5.97 Å². The number of aliphatic hydroxyl groups is 1. The SMILES string of the molecule is O=C(O)C1CC1C(=O)N1CCC(O)C1. The number of aliphatic carboxylic acids is 1. The second kappa shape index (κ2) is 3.24. The molecule has 0 aromatic carbocycles. The highest BCUT2D eigenvalue weighted by molar-refractivity contribution is 5.89. The van der Waals surface area contributed by atoms with Gasteiger partial charge in [-0.3, -0.25) is 9.59 Å². The Bertz CT molecular complexity index is 278. The maximum atomic E-state index is 11.6. The minimum Gasteiger partial charge on any atom is -0.481 e. The third kappa shape index (κ3) is 1.59. The van der Waals surface area contributed by atoms with Crippen LogP contribution in [0.1, 0.15) is 12.8 Å². The molecule has 1 saturated carbocycles. The largest absolute Gasteiger partial charge is 0.481 e. The molecule has 1 aliphatic heterocycles. The molecule has 5 heteroatoms. The van der Waals surface area contributed by atoms with Gasteiger partial charge in [-0.1, -0.05) is 0 Å². The van der Waals surface area contributed by atoms with Gasteiger partial charge < -0.3 is 15.1 Å². The zero-order valence-electron chi connectivity index (χ0n) is 7.72. The predicted octanol–water partition coefficient (Wildman–Crippen LogP) is -0.700. The molecule has 14 heavy (non-hydrogen) atoms. The van der Waals surface area contributed by atoms with Crippen LogP contribution in [0.25, 0.3) is 0 Å². The number of hydrogen-bond donors (Lipinski definition) is 2. The quantitative estimate of drug-likeness (QED) is 0.616. The number of β-amino-alcohol motifs (C(OH)–C–C–N with tert-alkyl or cyclic N) is 1. The zero-order valence-corrected chi connectivity index (χ0v) is 7.72. The van der Waals surface area contributed by atoms with Gasteiger partial charge in [0, 0.05) is 13.1 Å². The van der Waals surface area contributed by atoms with Crippen molar-refractivity contribution in [3.8, 4) is 0 Å². The number of nitrogens with zero attached hydrogens (tertiary/aromatic N) is 1. The molecule has 78 valence electrons. The number of aliphatic hydroxyl groups excluding tert-OH is 1. The Hall–Kier alpha value is -1.10. The standard InChI is InChI=1S/C9H13NO4/c11-5-1-2-10(4-5)8(12)6-3-7(6)9(13)14/h5-7,11H,1-4H2,(H,13,14). The second-order valence-electron chi connectivity index (χ2n) is 4.01. The van der Waals surface area contributed by atoms with Gasteiger partial charge in [0.25, 0.3) is 0 Å². The Kier molecular flexibility index (Phi) is 2.19. The first-order valence-electron chi connectivity index (χ1n) is 4.79. The van der Waals surface area contributed by atoms with Crippen LogP contribution < -0.4 is 0 Å². The van der Waals surface area contributed by atoms with E-state index in [1.807, 2.05) is 0 Å². The number of rotatable bonds is 2. The molecule has 2 rings (SSSR count). The highest BCUT2D eigenvalue weighted by atomic mass is 16.4. The topological polar surface area (TPSA) is 77.8 Å². The number of likely N-dealkylation sites (tertiary alicyclic amines) is 1. The van der Waals surface area contributed by atoms with Crippen molar-refractivity contribution in [2.45, 2.75) is 18.9 Å². The van der Waals surface area contributed by atoms with Crippen molar-refractivity contribution in [1.82, 2.24) is 4.90 Å². The van der Waals surface area contributed by atoms with Crippen LogP contribution in [0.2, 0.25) is 0 Å². The second-order valence-corrected chi connectivity index (χ2v) is 4.01. The zero-order chi connectivity index (χ0) is 10.3. The summed E-state index contributed by atoms with van der Waals surface area (Å²) in [4.78, 5) is 23.7. The molecule has 1 amide bonds. The lowest BCUT2D eigenvalue weighted by atomic mass is 10.3. The molecule has 0 aromatic rings. The van der Waals surface area contributed by atoms with Crippen LogP contribution in [0, 0.1) is 11.8 Å². The Morgan fingerprint density at radius 1 is 1.29 bits per heavy atom. The summed E-state index contributed by atoms with van der Waals surface area (Å²) in [7, 11) is 0. The molecular weight excluding hydrogens is 186 g/mol. The van der Waals surface area contributed by atoms with Gasteiger partial charge in [-0.2, -0.15) is 0 Å². The van der Waals surface area contributed by atoms with E-state index in [9.17, 15) is 14.7 Å². The van der Waals surface area contributed by atoms with E-state index in [0.717, 1.165) is 0 Å². The average Bonchev–Trinajstić information content (AvgIpc) is 2.82. The highest BCUT2D eigenvalue weighted by Crippen LogP contribution is 2.40. The van der Waals surface area contributed by atoms with Gasteiger partial charge in [-0.25, -0.2) is 0 Å². The number of carboxylic acid groups (broad SMARTS) is 1. The number of amides is 1. The summed E-state index contributed by atoms with van der Waals surface area (Å²) in [5, 5.41) is 17.9. The third-order valence-corrected chi connectivity index (χ3v) is 2.90. The summed E-state index contributed by atoms with van der Waals surface area (Å²) in [5.41, 5.74) is 0. The Morgan fingerprint density at radius 3 is 2.43 bits per heavy atom. The van der Waals surface area contributed by atoms with Gasteiger partial charge in [0.1, 0.15) is 0 Å². The molecule has 0 spiro atoms. The molecule has 3 atom stereocenters. The molecule has 3 unspecified atom stereocenters. The van der Waals surface area contributed by atoms with Crippen molar-refractivity contribution in [2.24, 2.45) is 11.8 Å². The summed E-state index contributed by atoms with van der Waals surface area (Å²) in [5.74, 6) is -1.81. The molecule has 0 aromatic heterocycles. The van der Waals surface area contributed by atoms with Crippen molar-refractivity contribution in [3.05, 3.63) is 0 Å². The van der Waals surface area contributed by atoms with Gasteiger partial charge in [-0.05, 0) is 12.8 Å². The highest BCUT2D eigenvalue weighted by Gasteiger charge is 2.50. The number of carboxylic acids is 1. The lowest BCUT2D eigenvalue weighted by Gasteiger charge is -2.14. The summed E-state index contributed by atoms with van der Waals surface area (Å²) in [6.45, 7) is 0.921. The van der Waals surface area contributed by atoms with E-state index in [-0.39, 0.29) is 11.8 Å². The minimum atomic E-state index is -0.886. The number of carbonyl (C=O) groups excluding carboxylic acids is 1. The maximum absolute atomic E-state index is 11.6. The first-order valence-corrected chi connectivity index (χ1v) is 4.79. The van der Waals surface area contributed by atoms with E-state index in [1.54, 1.807) is 4.90 Å². The minimum absolute atomic E-state index is 0.103. The van der Waals surface area contributed by atoms with Gasteiger partial charge in [-0.15, -0.1) is 0 Å². The van der Waals surface area contributed by atoms with Crippen molar-refractivity contribution < 1.29 is 19.8 Å². The molecule has 0 bridgehead atoms. The van der Waals surface area contributed by atoms with Crippen molar-refractivity contribution in [3.63, 3.8) is 0 Å². The fourth-order valence-corrected chi connectivity index (χ4v) is 1.92. The smallest absolute Gasteiger partial charge is 0.307 e. The Labute approximate surface area is 81.3 Å². The van der Waals surface area contributed by atoms with Gasteiger partial charge in [0.15, 0.2) is 0 Å². The van der Waals surface area contributed by atoms with Crippen LogP contribution in [0.3, 0.4) is 0 Å². The molecule has 1 heterocycles. The average molecular weight is 199 g/mol.